The molecule has 5 rings (SSSR count). The van der Waals surface area contributed by atoms with E-state index in [0.29, 0.717) is 11.4 Å². The first kappa shape index (κ1) is 17.1. The first-order valence-electron chi connectivity index (χ1n) is 8.98. The molecule has 0 unspecified atom stereocenters. The molecule has 0 radical (unpaired) electrons. The molecule has 0 spiro atoms. The molecule has 0 N–H and O–H groups in total. The van der Waals surface area contributed by atoms with Crippen molar-refractivity contribution in [2.75, 3.05) is 0 Å². The molecule has 0 fully saturated rings. The zero-order chi connectivity index (χ0) is 19.5. The summed E-state index contributed by atoms with van der Waals surface area (Å²) in [4.78, 5) is 12.7. The summed E-state index contributed by atoms with van der Waals surface area (Å²) >= 11 is 0. The Balaban J connectivity index is 1.56. The third-order valence-electron chi connectivity index (χ3n) is 5.29. The molecule has 0 saturated carbocycles. The molecular formula is C20H16FN3O3S. The number of hydrogen-bond donors (Lipinski definition) is 0. The molecule has 0 saturated heterocycles. The molecule has 2 heterocycles. The van der Waals surface area contributed by atoms with Gasteiger partial charge in [0.15, 0.2) is 0 Å². The van der Waals surface area contributed by atoms with Crippen molar-refractivity contribution in [3.8, 4) is 5.69 Å². The molecule has 1 aromatic heterocycles. The highest BCUT2D eigenvalue weighted by Gasteiger charge is 2.42. The fourth-order valence-electron chi connectivity index (χ4n) is 3.96. The van der Waals surface area contributed by atoms with E-state index >= 15 is 0 Å². The Kier molecular flexibility index (Phi) is 3.67. The highest BCUT2D eigenvalue weighted by atomic mass is 32.2. The lowest BCUT2D eigenvalue weighted by atomic mass is 10.2. The van der Waals surface area contributed by atoms with Gasteiger partial charge in [-0.3, -0.25) is 4.79 Å². The molecule has 1 aliphatic heterocycles. The predicted molar refractivity (Wildman–Crippen MR) is 99.0 cm³/mol. The van der Waals surface area contributed by atoms with Crippen molar-refractivity contribution in [2.24, 2.45) is 0 Å². The first-order valence-corrected chi connectivity index (χ1v) is 10.4. The molecule has 1 amide bonds. The number of sulfonamides is 1. The molecule has 8 heteroatoms. The molecule has 3 aromatic rings. The van der Waals surface area contributed by atoms with Crippen LogP contribution in [0.2, 0.25) is 0 Å². The first-order chi connectivity index (χ1) is 13.5. The number of aromatic nitrogens is 2. The van der Waals surface area contributed by atoms with E-state index in [1.54, 1.807) is 28.9 Å². The van der Waals surface area contributed by atoms with Gasteiger partial charge in [-0.25, -0.2) is 21.8 Å². The Morgan fingerprint density at radius 2 is 1.79 bits per heavy atom. The van der Waals surface area contributed by atoms with Crippen LogP contribution in [0.25, 0.3) is 5.69 Å². The van der Waals surface area contributed by atoms with E-state index in [4.69, 9.17) is 0 Å². The second-order valence-corrected chi connectivity index (χ2v) is 8.76. The lowest BCUT2D eigenvalue weighted by molar-refractivity contribution is 0.0863. The minimum Gasteiger partial charge on any atom is -0.268 e. The van der Waals surface area contributed by atoms with Gasteiger partial charge in [-0.05, 0) is 61.2 Å². The molecule has 2 aromatic carbocycles. The van der Waals surface area contributed by atoms with Crippen molar-refractivity contribution in [1.82, 2.24) is 14.1 Å². The van der Waals surface area contributed by atoms with Crippen LogP contribution in [0.4, 0.5) is 4.39 Å². The van der Waals surface area contributed by atoms with Gasteiger partial charge in [0.05, 0.1) is 23.5 Å². The van der Waals surface area contributed by atoms with Crippen molar-refractivity contribution >= 4 is 15.9 Å². The zero-order valence-corrected chi connectivity index (χ0v) is 15.6. The van der Waals surface area contributed by atoms with E-state index in [9.17, 15) is 17.6 Å². The maximum absolute atomic E-state index is 13.3. The minimum absolute atomic E-state index is 0.0367. The van der Waals surface area contributed by atoms with Gasteiger partial charge in [-0.1, -0.05) is 12.1 Å². The largest absolute Gasteiger partial charge is 0.269 e. The van der Waals surface area contributed by atoms with E-state index in [1.807, 2.05) is 0 Å². The standard InChI is InChI=1S/C20H16FN3O3S/c21-13-8-10-14(11-9-13)24-18-6-3-5-15(18)17(22-24)12-23-20(25)16-4-1-2-7-19(16)28(23,26)27/h1-2,4,7-11H,3,5-6,12H2. The summed E-state index contributed by atoms with van der Waals surface area (Å²) in [5.41, 5.74) is 3.44. The van der Waals surface area contributed by atoms with Gasteiger partial charge in [0, 0.05) is 5.69 Å². The van der Waals surface area contributed by atoms with Gasteiger partial charge in [-0.15, -0.1) is 0 Å². The second kappa shape index (κ2) is 6.00. The maximum atomic E-state index is 13.3. The smallest absolute Gasteiger partial charge is 0.268 e. The SMILES string of the molecule is O=C1c2ccccc2S(=O)(=O)N1Cc1nn(-c2ccc(F)cc2)c2c1CCC2. The number of nitrogens with zero attached hydrogens (tertiary/aromatic N) is 3. The van der Waals surface area contributed by atoms with E-state index < -0.39 is 15.9 Å². The fourth-order valence-corrected chi connectivity index (χ4v) is 5.49. The number of halogens is 1. The van der Waals surface area contributed by atoms with Crippen LogP contribution in [0.5, 0.6) is 0 Å². The summed E-state index contributed by atoms with van der Waals surface area (Å²) in [6.45, 7) is -0.105. The monoisotopic (exact) mass is 397 g/mol. The van der Waals surface area contributed by atoms with Gasteiger partial charge in [0.25, 0.3) is 15.9 Å². The number of benzene rings is 2. The number of carbonyl (C=O) groups is 1. The Hall–Kier alpha value is -3.00. The maximum Gasteiger partial charge on any atom is 0.269 e. The van der Waals surface area contributed by atoms with Crippen molar-refractivity contribution in [3.63, 3.8) is 0 Å². The summed E-state index contributed by atoms with van der Waals surface area (Å²) in [5, 5.41) is 4.59. The molecule has 1 aliphatic carbocycles. The number of carbonyl (C=O) groups excluding carboxylic acids is 1. The average Bonchev–Trinajstić information content (AvgIpc) is 3.33. The lowest BCUT2D eigenvalue weighted by Crippen LogP contribution is -2.30. The van der Waals surface area contributed by atoms with Crippen LogP contribution < -0.4 is 0 Å². The lowest BCUT2D eigenvalue weighted by Gasteiger charge is -2.14. The molecule has 2 aliphatic rings. The van der Waals surface area contributed by atoms with E-state index in [1.165, 1.54) is 24.3 Å². The quantitative estimate of drug-likeness (QED) is 0.681. The molecular weight excluding hydrogens is 381 g/mol. The Morgan fingerprint density at radius 1 is 1.04 bits per heavy atom. The van der Waals surface area contributed by atoms with Gasteiger partial charge in [-0.2, -0.15) is 5.10 Å². The summed E-state index contributed by atoms with van der Waals surface area (Å²) in [5.74, 6) is -0.863. The van der Waals surface area contributed by atoms with Crippen LogP contribution in [0.1, 0.15) is 33.7 Å². The fraction of sp³-hybridized carbons (Fsp3) is 0.200. The number of rotatable bonds is 3. The molecule has 0 atom stereocenters. The normalized spacial score (nSPS) is 17.0. The van der Waals surface area contributed by atoms with Crippen molar-refractivity contribution in [3.05, 3.63) is 76.9 Å². The van der Waals surface area contributed by atoms with Crippen LogP contribution in [-0.4, -0.2) is 28.4 Å². The third kappa shape index (κ3) is 2.41. The van der Waals surface area contributed by atoms with E-state index in [2.05, 4.69) is 5.10 Å². The average molecular weight is 397 g/mol. The number of fused-ring (bicyclic) bond motifs is 2. The minimum atomic E-state index is -3.89. The van der Waals surface area contributed by atoms with Crippen molar-refractivity contribution < 1.29 is 17.6 Å². The molecule has 28 heavy (non-hydrogen) atoms. The Bertz CT molecular complexity index is 1220. The van der Waals surface area contributed by atoms with Crippen molar-refractivity contribution in [1.29, 1.82) is 0 Å². The van der Waals surface area contributed by atoms with Crippen LogP contribution >= 0.6 is 0 Å². The van der Waals surface area contributed by atoms with Crippen molar-refractivity contribution in [2.45, 2.75) is 30.7 Å². The zero-order valence-electron chi connectivity index (χ0n) is 14.8. The van der Waals surface area contributed by atoms with Gasteiger partial charge in [0.2, 0.25) is 0 Å². The van der Waals surface area contributed by atoms with Gasteiger partial charge >= 0.3 is 0 Å². The van der Waals surface area contributed by atoms with Crippen LogP contribution in [0.15, 0.2) is 53.4 Å². The summed E-state index contributed by atoms with van der Waals surface area (Å²) < 4.78 is 41.6. The Labute approximate surface area is 161 Å². The summed E-state index contributed by atoms with van der Waals surface area (Å²) in [6, 6.07) is 12.2. The Morgan fingerprint density at radius 3 is 2.54 bits per heavy atom. The van der Waals surface area contributed by atoms with Crippen LogP contribution in [-0.2, 0) is 29.4 Å². The van der Waals surface area contributed by atoms with E-state index in [0.717, 1.165) is 34.8 Å². The number of amides is 1. The third-order valence-corrected chi connectivity index (χ3v) is 7.08. The summed E-state index contributed by atoms with van der Waals surface area (Å²) in [6.07, 6.45) is 2.52. The number of hydrogen-bond acceptors (Lipinski definition) is 4. The molecule has 142 valence electrons. The molecule has 6 nitrogen and oxygen atoms in total. The second-order valence-electron chi connectivity index (χ2n) is 6.93. The van der Waals surface area contributed by atoms with E-state index in [-0.39, 0.29) is 22.8 Å². The summed E-state index contributed by atoms with van der Waals surface area (Å²) in [7, 11) is -3.89. The highest BCUT2D eigenvalue weighted by molar-refractivity contribution is 7.90. The topological polar surface area (TPSA) is 72.3 Å². The molecule has 0 bridgehead atoms. The van der Waals surface area contributed by atoms with Gasteiger partial charge < -0.3 is 0 Å². The predicted octanol–water partition coefficient (Wildman–Crippen LogP) is 2.84. The highest BCUT2D eigenvalue weighted by Crippen LogP contribution is 2.34. The van der Waals surface area contributed by atoms with Gasteiger partial charge in [0.1, 0.15) is 10.7 Å². The van der Waals surface area contributed by atoms with Crippen LogP contribution in [0.3, 0.4) is 0 Å². The van der Waals surface area contributed by atoms with Crippen LogP contribution in [0, 0.1) is 5.82 Å².